The van der Waals surface area contributed by atoms with Crippen molar-refractivity contribution in [3.8, 4) is 0 Å². The third-order valence-electron chi connectivity index (χ3n) is 1.90. The minimum Gasteiger partial charge on any atom is -0.361 e. The minimum absolute atomic E-state index is 0.135. The van der Waals surface area contributed by atoms with E-state index in [4.69, 9.17) is 4.74 Å². The van der Waals surface area contributed by atoms with Gasteiger partial charge in [0.1, 0.15) is 5.60 Å². The minimum atomic E-state index is -0.299. The number of ether oxygens (including phenoxy) is 1. The van der Waals surface area contributed by atoms with E-state index < -0.39 is 0 Å². The molecule has 13 heavy (non-hydrogen) atoms. The lowest BCUT2D eigenvalue weighted by Gasteiger charge is -2.35. The van der Waals surface area contributed by atoms with Gasteiger partial charge in [0.2, 0.25) is 0 Å². The van der Waals surface area contributed by atoms with Crippen molar-refractivity contribution in [2.75, 3.05) is 0 Å². The summed E-state index contributed by atoms with van der Waals surface area (Å²) in [6, 6.07) is 0. The molecule has 0 aromatic rings. The SMILES string of the molecule is C=CC1(OC(C)(C)C)C=CC=CC1. The quantitative estimate of drug-likeness (QED) is 0.590. The van der Waals surface area contributed by atoms with Gasteiger partial charge in [0, 0.05) is 6.42 Å². The van der Waals surface area contributed by atoms with Crippen molar-refractivity contribution < 1.29 is 4.74 Å². The molecule has 0 bridgehead atoms. The fraction of sp³-hybridized carbons (Fsp3) is 0.500. The van der Waals surface area contributed by atoms with E-state index in [2.05, 4.69) is 39.5 Å². The molecule has 0 spiro atoms. The van der Waals surface area contributed by atoms with Crippen molar-refractivity contribution in [1.82, 2.24) is 0 Å². The van der Waals surface area contributed by atoms with Crippen LogP contribution < -0.4 is 0 Å². The van der Waals surface area contributed by atoms with Gasteiger partial charge in [0.25, 0.3) is 0 Å². The Hall–Kier alpha value is -0.820. The summed E-state index contributed by atoms with van der Waals surface area (Å²) in [5.41, 5.74) is -0.434. The van der Waals surface area contributed by atoms with Crippen molar-refractivity contribution in [3.63, 3.8) is 0 Å². The Morgan fingerprint density at radius 2 is 2.08 bits per heavy atom. The topological polar surface area (TPSA) is 9.23 Å². The Labute approximate surface area is 80.8 Å². The van der Waals surface area contributed by atoms with E-state index in [1.54, 1.807) is 0 Å². The van der Waals surface area contributed by atoms with E-state index in [0.29, 0.717) is 0 Å². The fourth-order valence-corrected chi connectivity index (χ4v) is 1.46. The lowest BCUT2D eigenvalue weighted by atomic mass is 9.94. The second-order valence-electron chi connectivity index (χ2n) is 4.36. The lowest BCUT2D eigenvalue weighted by molar-refractivity contribution is -0.0782. The zero-order valence-electron chi connectivity index (χ0n) is 8.71. The first kappa shape index (κ1) is 10.3. The summed E-state index contributed by atoms with van der Waals surface area (Å²) in [4.78, 5) is 0. The molecule has 0 amide bonds. The van der Waals surface area contributed by atoms with Crippen molar-refractivity contribution in [2.45, 2.75) is 38.4 Å². The highest BCUT2D eigenvalue weighted by atomic mass is 16.5. The highest BCUT2D eigenvalue weighted by Gasteiger charge is 2.29. The Balaban J connectivity index is 2.77. The van der Waals surface area contributed by atoms with Gasteiger partial charge in [-0.2, -0.15) is 0 Å². The van der Waals surface area contributed by atoms with Gasteiger partial charge in [-0.3, -0.25) is 0 Å². The summed E-state index contributed by atoms with van der Waals surface area (Å²) in [6.07, 6.45) is 11.0. The van der Waals surface area contributed by atoms with Gasteiger partial charge in [-0.15, -0.1) is 0 Å². The molecule has 0 radical (unpaired) electrons. The van der Waals surface area contributed by atoms with E-state index >= 15 is 0 Å². The molecule has 72 valence electrons. The zero-order valence-corrected chi connectivity index (χ0v) is 8.71. The molecule has 1 aliphatic carbocycles. The maximum atomic E-state index is 5.96. The number of allylic oxidation sites excluding steroid dienone is 2. The van der Waals surface area contributed by atoms with Crippen molar-refractivity contribution in [2.24, 2.45) is 0 Å². The van der Waals surface area contributed by atoms with E-state index in [-0.39, 0.29) is 11.2 Å². The zero-order chi connectivity index (χ0) is 9.95. The Morgan fingerprint density at radius 1 is 1.38 bits per heavy atom. The van der Waals surface area contributed by atoms with E-state index in [1.165, 1.54) is 0 Å². The molecule has 1 nitrogen and oxygen atoms in total. The Kier molecular flexibility index (Phi) is 2.77. The highest BCUT2D eigenvalue weighted by Crippen LogP contribution is 2.28. The lowest BCUT2D eigenvalue weighted by Crippen LogP contribution is -2.36. The molecular formula is C12H18O. The predicted molar refractivity (Wildman–Crippen MR) is 56.7 cm³/mol. The van der Waals surface area contributed by atoms with Crippen molar-refractivity contribution in [3.05, 3.63) is 37.0 Å². The first-order chi connectivity index (χ1) is 5.97. The van der Waals surface area contributed by atoms with Crippen LogP contribution in [0.4, 0.5) is 0 Å². The van der Waals surface area contributed by atoms with Gasteiger partial charge in [0.15, 0.2) is 0 Å². The fourth-order valence-electron chi connectivity index (χ4n) is 1.46. The third kappa shape index (κ3) is 2.85. The van der Waals surface area contributed by atoms with Crippen LogP contribution in [0.15, 0.2) is 37.0 Å². The van der Waals surface area contributed by atoms with Crippen LogP contribution in [-0.2, 0) is 4.74 Å². The molecule has 0 fully saturated rings. The Bertz CT molecular complexity index is 242. The highest BCUT2D eigenvalue weighted by molar-refractivity contribution is 5.24. The molecule has 1 rings (SSSR count). The average Bonchev–Trinajstić information content (AvgIpc) is 2.03. The Morgan fingerprint density at radius 3 is 2.46 bits per heavy atom. The molecule has 0 heterocycles. The molecule has 0 saturated heterocycles. The first-order valence-corrected chi connectivity index (χ1v) is 4.66. The van der Waals surface area contributed by atoms with Gasteiger partial charge in [-0.1, -0.05) is 30.9 Å². The van der Waals surface area contributed by atoms with E-state index in [0.717, 1.165) is 6.42 Å². The summed E-state index contributed by atoms with van der Waals surface area (Å²) < 4.78 is 5.96. The standard InChI is InChI=1S/C12H18O/c1-5-12(13-11(2,3)4)9-7-6-8-10-12/h5-9H,1,10H2,2-4H3. The van der Waals surface area contributed by atoms with E-state index in [1.807, 2.05) is 18.2 Å². The van der Waals surface area contributed by atoms with Crippen LogP contribution in [0.3, 0.4) is 0 Å². The molecule has 0 N–H and O–H groups in total. The van der Waals surface area contributed by atoms with Gasteiger partial charge in [-0.05, 0) is 26.8 Å². The number of rotatable bonds is 2. The second kappa shape index (κ2) is 3.51. The third-order valence-corrected chi connectivity index (χ3v) is 1.90. The van der Waals surface area contributed by atoms with Crippen molar-refractivity contribution >= 4 is 0 Å². The summed E-state index contributed by atoms with van der Waals surface area (Å²) in [5.74, 6) is 0. The molecule has 0 aromatic carbocycles. The van der Waals surface area contributed by atoms with Crippen LogP contribution in [-0.4, -0.2) is 11.2 Å². The maximum Gasteiger partial charge on any atom is 0.108 e. The summed E-state index contributed by atoms with van der Waals surface area (Å²) in [7, 11) is 0. The largest absolute Gasteiger partial charge is 0.361 e. The summed E-state index contributed by atoms with van der Waals surface area (Å²) >= 11 is 0. The van der Waals surface area contributed by atoms with Gasteiger partial charge >= 0.3 is 0 Å². The molecule has 0 aliphatic heterocycles. The van der Waals surface area contributed by atoms with Crippen LogP contribution >= 0.6 is 0 Å². The summed E-state index contributed by atoms with van der Waals surface area (Å²) in [5, 5.41) is 0. The second-order valence-corrected chi connectivity index (χ2v) is 4.36. The average molecular weight is 178 g/mol. The maximum absolute atomic E-state index is 5.96. The van der Waals surface area contributed by atoms with Crippen LogP contribution in [0.1, 0.15) is 27.2 Å². The molecule has 1 unspecified atom stereocenters. The molecule has 0 aromatic heterocycles. The van der Waals surface area contributed by atoms with Gasteiger partial charge in [-0.25, -0.2) is 0 Å². The van der Waals surface area contributed by atoms with Crippen LogP contribution in [0.2, 0.25) is 0 Å². The molecule has 1 heteroatoms. The summed E-state index contributed by atoms with van der Waals surface area (Å²) in [6.45, 7) is 10.0. The molecular weight excluding hydrogens is 160 g/mol. The first-order valence-electron chi connectivity index (χ1n) is 4.66. The monoisotopic (exact) mass is 178 g/mol. The number of hydrogen-bond acceptors (Lipinski definition) is 1. The van der Waals surface area contributed by atoms with Crippen molar-refractivity contribution in [1.29, 1.82) is 0 Å². The van der Waals surface area contributed by atoms with Crippen LogP contribution in [0.25, 0.3) is 0 Å². The molecule has 0 saturated carbocycles. The smallest absolute Gasteiger partial charge is 0.108 e. The van der Waals surface area contributed by atoms with Gasteiger partial charge < -0.3 is 4.74 Å². The molecule has 1 atom stereocenters. The van der Waals surface area contributed by atoms with Gasteiger partial charge in [0.05, 0.1) is 5.60 Å². The van der Waals surface area contributed by atoms with Crippen LogP contribution in [0.5, 0.6) is 0 Å². The molecule has 1 aliphatic rings. The van der Waals surface area contributed by atoms with Crippen LogP contribution in [0, 0.1) is 0 Å². The van der Waals surface area contributed by atoms with E-state index in [9.17, 15) is 0 Å². The normalized spacial score (nSPS) is 27.6. The number of hydrogen-bond donors (Lipinski definition) is 0. The predicted octanol–water partition coefficient (Wildman–Crippen LogP) is 3.24.